The van der Waals surface area contributed by atoms with Gasteiger partial charge in [0.05, 0.1) is 10.6 Å². The number of halogens is 2. The highest BCUT2D eigenvalue weighted by Gasteiger charge is 2.26. The lowest BCUT2D eigenvalue weighted by atomic mass is 9.95. The van der Waals surface area contributed by atoms with Crippen LogP contribution in [0, 0.1) is 21.7 Å². The van der Waals surface area contributed by atoms with Crippen LogP contribution in [0.3, 0.4) is 0 Å². The molecule has 1 aliphatic rings. The van der Waals surface area contributed by atoms with Crippen LogP contribution in [-0.2, 0) is 0 Å². The smallest absolute Gasteiger partial charge is 0.353 e. The zero-order chi connectivity index (χ0) is 17.8. The van der Waals surface area contributed by atoms with E-state index in [2.05, 4.69) is 20.6 Å². The Bertz CT molecular complexity index is 781. The standard InChI is InChI=1S/C16H17F2N5O2/c17-10-6-7-12(18)13(8-10)22-16-14(23(24)25)15(19-9-20-16)21-11-4-2-1-3-5-11/h6-9,11H,1-5H2,(H2,19,20,21,22). The first-order valence-corrected chi connectivity index (χ1v) is 8.02. The minimum absolute atomic E-state index is 0.0752. The molecule has 0 bridgehead atoms. The van der Waals surface area contributed by atoms with E-state index in [-0.39, 0.29) is 23.4 Å². The first-order chi connectivity index (χ1) is 12.0. The van der Waals surface area contributed by atoms with Crippen molar-refractivity contribution in [2.45, 2.75) is 38.1 Å². The fraction of sp³-hybridized carbons (Fsp3) is 0.375. The van der Waals surface area contributed by atoms with Crippen molar-refractivity contribution in [1.29, 1.82) is 0 Å². The molecular formula is C16H17F2N5O2. The maximum Gasteiger partial charge on any atom is 0.353 e. The molecule has 0 saturated heterocycles. The number of benzene rings is 1. The van der Waals surface area contributed by atoms with Crippen LogP contribution in [0.1, 0.15) is 32.1 Å². The quantitative estimate of drug-likeness (QED) is 0.622. The second-order valence-electron chi connectivity index (χ2n) is 5.91. The van der Waals surface area contributed by atoms with E-state index in [1.54, 1.807) is 0 Å². The molecule has 7 nitrogen and oxygen atoms in total. The lowest BCUT2D eigenvalue weighted by Crippen LogP contribution is -2.23. The molecule has 25 heavy (non-hydrogen) atoms. The molecule has 0 unspecified atom stereocenters. The van der Waals surface area contributed by atoms with Crippen LogP contribution in [0.15, 0.2) is 24.5 Å². The molecule has 2 N–H and O–H groups in total. The molecule has 0 amide bonds. The van der Waals surface area contributed by atoms with E-state index in [0.29, 0.717) is 0 Å². The summed E-state index contributed by atoms with van der Waals surface area (Å²) in [5.74, 6) is -1.52. The number of hydrogen-bond donors (Lipinski definition) is 2. The van der Waals surface area contributed by atoms with E-state index in [9.17, 15) is 18.9 Å². The summed E-state index contributed by atoms with van der Waals surface area (Å²) >= 11 is 0. The maximum atomic E-state index is 13.8. The van der Waals surface area contributed by atoms with Crippen molar-refractivity contribution in [2.24, 2.45) is 0 Å². The molecule has 0 atom stereocenters. The maximum absolute atomic E-state index is 13.8. The number of nitro groups is 1. The highest BCUT2D eigenvalue weighted by molar-refractivity contribution is 5.74. The van der Waals surface area contributed by atoms with Crippen molar-refractivity contribution in [2.75, 3.05) is 10.6 Å². The Morgan fingerprint density at radius 2 is 1.84 bits per heavy atom. The number of nitrogens with one attached hydrogen (secondary N) is 2. The van der Waals surface area contributed by atoms with Crippen LogP contribution in [-0.4, -0.2) is 20.9 Å². The average Bonchev–Trinajstić information content (AvgIpc) is 2.59. The van der Waals surface area contributed by atoms with Gasteiger partial charge in [-0.3, -0.25) is 10.1 Å². The fourth-order valence-electron chi connectivity index (χ4n) is 2.91. The molecule has 0 radical (unpaired) electrons. The number of hydrogen-bond acceptors (Lipinski definition) is 6. The van der Waals surface area contributed by atoms with Gasteiger partial charge in [-0.15, -0.1) is 0 Å². The van der Waals surface area contributed by atoms with Crippen LogP contribution >= 0.6 is 0 Å². The number of anilines is 3. The summed E-state index contributed by atoms with van der Waals surface area (Å²) in [7, 11) is 0. The predicted octanol–water partition coefficient (Wildman–Crippen LogP) is 4.15. The Hall–Kier alpha value is -2.84. The van der Waals surface area contributed by atoms with Crippen molar-refractivity contribution >= 4 is 23.0 Å². The van der Waals surface area contributed by atoms with Crippen LogP contribution in [0.5, 0.6) is 0 Å². The molecule has 1 aromatic carbocycles. The SMILES string of the molecule is O=[N+]([O-])c1c(Nc2cc(F)ccc2F)ncnc1NC1CCCCC1. The van der Waals surface area contributed by atoms with Gasteiger partial charge in [-0.2, -0.15) is 0 Å². The van der Waals surface area contributed by atoms with Gasteiger partial charge in [-0.1, -0.05) is 19.3 Å². The summed E-state index contributed by atoms with van der Waals surface area (Å²) in [5, 5.41) is 17.1. The lowest BCUT2D eigenvalue weighted by Gasteiger charge is -2.23. The fourth-order valence-corrected chi connectivity index (χ4v) is 2.91. The summed E-state index contributed by atoms with van der Waals surface area (Å²) in [6.07, 6.45) is 6.21. The molecule has 1 aliphatic carbocycles. The van der Waals surface area contributed by atoms with Crippen LogP contribution in [0.25, 0.3) is 0 Å². The molecule has 1 saturated carbocycles. The molecule has 132 valence electrons. The topological polar surface area (TPSA) is 93.0 Å². The molecule has 2 aromatic rings. The molecule has 1 fully saturated rings. The van der Waals surface area contributed by atoms with Crippen molar-refractivity contribution in [3.05, 3.63) is 46.3 Å². The molecule has 0 spiro atoms. The van der Waals surface area contributed by atoms with Crippen LogP contribution < -0.4 is 10.6 Å². The monoisotopic (exact) mass is 349 g/mol. The van der Waals surface area contributed by atoms with Crippen molar-refractivity contribution in [3.8, 4) is 0 Å². The first-order valence-electron chi connectivity index (χ1n) is 8.02. The predicted molar refractivity (Wildman–Crippen MR) is 88.8 cm³/mol. The number of nitrogens with zero attached hydrogens (tertiary/aromatic N) is 3. The molecule has 9 heteroatoms. The summed E-state index contributed by atoms with van der Waals surface area (Å²) in [6, 6.07) is 2.91. The molecule has 1 heterocycles. The average molecular weight is 349 g/mol. The van der Waals surface area contributed by atoms with E-state index in [0.717, 1.165) is 56.6 Å². The van der Waals surface area contributed by atoms with Crippen molar-refractivity contribution in [1.82, 2.24) is 9.97 Å². The van der Waals surface area contributed by atoms with Crippen LogP contribution in [0.4, 0.5) is 31.8 Å². The van der Waals surface area contributed by atoms with E-state index in [1.165, 1.54) is 0 Å². The lowest BCUT2D eigenvalue weighted by molar-refractivity contribution is -0.383. The van der Waals surface area contributed by atoms with Gasteiger partial charge in [-0.25, -0.2) is 18.7 Å². The third-order valence-corrected chi connectivity index (χ3v) is 4.13. The Morgan fingerprint density at radius 3 is 2.56 bits per heavy atom. The molecular weight excluding hydrogens is 332 g/mol. The number of aromatic nitrogens is 2. The largest absolute Gasteiger partial charge is 0.361 e. The summed E-state index contributed by atoms with van der Waals surface area (Å²) in [4.78, 5) is 18.7. The van der Waals surface area contributed by atoms with Gasteiger partial charge in [0.15, 0.2) is 0 Å². The zero-order valence-corrected chi connectivity index (χ0v) is 13.3. The number of rotatable bonds is 5. The van der Waals surface area contributed by atoms with Crippen molar-refractivity contribution in [3.63, 3.8) is 0 Å². The Balaban J connectivity index is 1.92. The molecule has 0 aliphatic heterocycles. The Morgan fingerprint density at radius 1 is 1.12 bits per heavy atom. The van der Waals surface area contributed by atoms with Gasteiger partial charge in [-0.05, 0) is 25.0 Å². The highest BCUT2D eigenvalue weighted by atomic mass is 19.1. The first kappa shape index (κ1) is 17.0. The van der Waals surface area contributed by atoms with Gasteiger partial charge in [0.1, 0.15) is 18.0 Å². The van der Waals surface area contributed by atoms with E-state index in [1.807, 2.05) is 0 Å². The minimum Gasteiger partial charge on any atom is -0.361 e. The van der Waals surface area contributed by atoms with Gasteiger partial charge >= 0.3 is 5.69 Å². The second-order valence-corrected chi connectivity index (χ2v) is 5.91. The van der Waals surface area contributed by atoms with Crippen molar-refractivity contribution < 1.29 is 13.7 Å². The minimum atomic E-state index is -0.740. The van der Waals surface area contributed by atoms with E-state index < -0.39 is 22.2 Å². The normalized spacial score (nSPS) is 15.0. The Labute approximate surface area is 142 Å². The van der Waals surface area contributed by atoms with Gasteiger partial charge in [0, 0.05) is 12.1 Å². The van der Waals surface area contributed by atoms with Gasteiger partial charge in [0.2, 0.25) is 11.6 Å². The van der Waals surface area contributed by atoms with Gasteiger partial charge < -0.3 is 10.6 Å². The van der Waals surface area contributed by atoms with E-state index in [4.69, 9.17) is 0 Å². The Kier molecular flexibility index (Phi) is 5.01. The summed E-state index contributed by atoms with van der Waals surface area (Å²) in [5.41, 5.74) is -0.623. The third kappa shape index (κ3) is 3.98. The molecule has 1 aromatic heterocycles. The second kappa shape index (κ2) is 7.37. The highest BCUT2D eigenvalue weighted by Crippen LogP contribution is 2.33. The molecule has 3 rings (SSSR count). The third-order valence-electron chi connectivity index (χ3n) is 4.13. The van der Waals surface area contributed by atoms with Gasteiger partial charge in [0.25, 0.3) is 0 Å². The zero-order valence-electron chi connectivity index (χ0n) is 13.3. The summed E-state index contributed by atoms with van der Waals surface area (Å²) in [6.45, 7) is 0. The van der Waals surface area contributed by atoms with Crippen LogP contribution in [0.2, 0.25) is 0 Å². The summed E-state index contributed by atoms with van der Waals surface area (Å²) < 4.78 is 27.1. The van der Waals surface area contributed by atoms with E-state index >= 15 is 0 Å².